The summed E-state index contributed by atoms with van der Waals surface area (Å²) in [7, 11) is 0. The first-order chi connectivity index (χ1) is 21.1. The van der Waals surface area contributed by atoms with E-state index in [-0.39, 0.29) is 52.0 Å². The van der Waals surface area contributed by atoms with Crippen LogP contribution in [0.15, 0.2) is 43.0 Å². The normalized spacial score (nSPS) is 17.2. The highest BCUT2D eigenvalue weighted by molar-refractivity contribution is 6.34. The van der Waals surface area contributed by atoms with Crippen molar-refractivity contribution in [3.63, 3.8) is 0 Å². The second-order valence-electron chi connectivity index (χ2n) is 10.5. The quantitative estimate of drug-likeness (QED) is 0.332. The van der Waals surface area contributed by atoms with E-state index in [1.165, 1.54) is 23.0 Å². The van der Waals surface area contributed by atoms with E-state index in [4.69, 9.17) is 16.9 Å². The number of nitrogens with zero attached hydrogens (tertiary/aromatic N) is 8. The molecule has 16 heteroatoms. The van der Waals surface area contributed by atoms with Crippen molar-refractivity contribution in [2.75, 3.05) is 44.6 Å². The summed E-state index contributed by atoms with van der Waals surface area (Å²) in [6.45, 7) is 2.91. The first kappa shape index (κ1) is 29.4. The summed E-state index contributed by atoms with van der Waals surface area (Å²) >= 11 is 6.53. The van der Waals surface area contributed by atoms with E-state index in [2.05, 4.69) is 25.7 Å². The Kier molecular flexibility index (Phi) is 7.87. The van der Waals surface area contributed by atoms with Crippen LogP contribution < -0.4 is 10.6 Å². The summed E-state index contributed by atoms with van der Waals surface area (Å²) in [5, 5.41) is 19.0. The van der Waals surface area contributed by atoms with Crippen molar-refractivity contribution in [2.24, 2.45) is 5.92 Å². The number of piperazine rings is 1. The molecule has 1 atom stereocenters. The number of halogens is 4. The van der Waals surface area contributed by atoms with Crippen LogP contribution in [0.4, 0.5) is 24.7 Å². The topological polar surface area (TPSA) is 136 Å². The van der Waals surface area contributed by atoms with Gasteiger partial charge in [-0.2, -0.15) is 23.5 Å². The predicted molar refractivity (Wildman–Crippen MR) is 153 cm³/mol. The number of benzene rings is 1. The van der Waals surface area contributed by atoms with Crippen LogP contribution in [0.5, 0.6) is 0 Å². The van der Waals surface area contributed by atoms with Gasteiger partial charge >= 0.3 is 6.18 Å². The second-order valence-corrected chi connectivity index (χ2v) is 10.9. The van der Waals surface area contributed by atoms with Crippen molar-refractivity contribution in [1.29, 1.82) is 5.26 Å². The minimum absolute atomic E-state index is 0.00793. The van der Waals surface area contributed by atoms with Gasteiger partial charge < -0.3 is 20.4 Å². The maximum absolute atomic E-state index is 13.7. The fraction of sp³-hybridized carbons (Fsp3) is 0.357. The molecule has 0 bridgehead atoms. The molecule has 0 aliphatic carbocycles. The molecule has 2 amide bonds. The number of hydrogen-bond donors (Lipinski definition) is 2. The number of anilines is 2. The number of aromatic nitrogens is 5. The third-order valence-electron chi connectivity index (χ3n) is 7.72. The molecule has 0 spiro atoms. The highest BCUT2D eigenvalue weighted by Gasteiger charge is 2.38. The van der Waals surface area contributed by atoms with E-state index in [0.717, 1.165) is 23.8 Å². The zero-order chi connectivity index (χ0) is 31.0. The highest BCUT2D eigenvalue weighted by atomic mass is 35.5. The minimum atomic E-state index is -4.75. The summed E-state index contributed by atoms with van der Waals surface area (Å²) < 4.78 is 43.6. The molecule has 2 fully saturated rings. The van der Waals surface area contributed by atoms with Gasteiger partial charge in [0, 0.05) is 57.0 Å². The third kappa shape index (κ3) is 5.65. The van der Waals surface area contributed by atoms with Gasteiger partial charge in [0.25, 0.3) is 5.91 Å². The highest BCUT2D eigenvalue weighted by Crippen LogP contribution is 2.37. The Balaban J connectivity index is 1.18. The Hall–Kier alpha value is -4.68. The number of carbonyl (C=O) groups is 2. The molecule has 2 aliphatic heterocycles. The number of imidazole rings is 1. The Labute approximate surface area is 254 Å². The Morgan fingerprint density at radius 3 is 2.61 bits per heavy atom. The number of carbonyl (C=O) groups excluding carboxylic acids is 2. The zero-order valence-corrected chi connectivity index (χ0v) is 23.9. The van der Waals surface area contributed by atoms with Crippen LogP contribution in [-0.2, 0) is 17.5 Å². The van der Waals surface area contributed by atoms with Crippen molar-refractivity contribution in [1.82, 2.24) is 39.3 Å². The van der Waals surface area contributed by atoms with Gasteiger partial charge in [0.05, 0.1) is 40.0 Å². The summed E-state index contributed by atoms with van der Waals surface area (Å²) in [4.78, 5) is 38.0. The van der Waals surface area contributed by atoms with Gasteiger partial charge in [-0.1, -0.05) is 11.6 Å². The van der Waals surface area contributed by atoms with Crippen molar-refractivity contribution >= 4 is 40.6 Å². The van der Waals surface area contributed by atoms with E-state index < -0.39 is 11.9 Å². The van der Waals surface area contributed by atoms with Crippen LogP contribution in [0.3, 0.4) is 0 Å². The number of hydrogen-bond acceptors (Lipinski definition) is 8. The number of nitriles is 1. The third-order valence-corrected chi connectivity index (χ3v) is 8.03. The lowest BCUT2D eigenvalue weighted by atomic mass is 10.1. The average molecular weight is 627 g/mol. The van der Waals surface area contributed by atoms with E-state index >= 15 is 0 Å². The summed E-state index contributed by atoms with van der Waals surface area (Å²) in [5.74, 6) is 0.113. The van der Waals surface area contributed by atoms with E-state index in [1.54, 1.807) is 29.2 Å². The lowest BCUT2D eigenvalue weighted by Crippen LogP contribution is -2.52. The van der Waals surface area contributed by atoms with Crippen LogP contribution >= 0.6 is 11.6 Å². The van der Waals surface area contributed by atoms with E-state index in [1.807, 2.05) is 4.90 Å². The van der Waals surface area contributed by atoms with Crippen molar-refractivity contribution < 1.29 is 22.8 Å². The van der Waals surface area contributed by atoms with Crippen LogP contribution in [0.25, 0.3) is 16.9 Å². The van der Waals surface area contributed by atoms with Crippen molar-refractivity contribution in [3.05, 3.63) is 59.3 Å². The summed E-state index contributed by atoms with van der Waals surface area (Å²) in [6.07, 6.45) is 1.38. The fourth-order valence-electron chi connectivity index (χ4n) is 5.51. The minimum Gasteiger partial charge on any atom is -0.339 e. The molecule has 2 saturated heterocycles. The SMILES string of the molecule is N#CCn1cc(-c2cnc3c(Nc4ccc(C(=O)N5CCN(C(=O)[C@@H]6CCNC6)CC5)c(Cl)c4)nccn23)c(C(F)(F)F)n1. The number of alkyl halides is 3. The smallest absolute Gasteiger partial charge is 0.339 e. The first-order valence-electron chi connectivity index (χ1n) is 13.8. The molecule has 4 aromatic rings. The molecule has 44 heavy (non-hydrogen) atoms. The molecule has 12 nitrogen and oxygen atoms in total. The summed E-state index contributed by atoms with van der Waals surface area (Å²) in [6, 6.07) is 6.58. The maximum atomic E-state index is 13.7. The average Bonchev–Trinajstić information content (AvgIpc) is 3.77. The molecule has 3 aromatic heterocycles. The molecular formula is C28H26ClF3N10O2. The number of nitrogens with one attached hydrogen (secondary N) is 2. The Morgan fingerprint density at radius 2 is 1.93 bits per heavy atom. The predicted octanol–water partition coefficient (Wildman–Crippen LogP) is 3.43. The van der Waals surface area contributed by atoms with Gasteiger partial charge in [0.1, 0.15) is 6.54 Å². The van der Waals surface area contributed by atoms with Gasteiger partial charge in [-0.3, -0.25) is 18.7 Å². The number of amides is 2. The van der Waals surface area contributed by atoms with E-state index in [0.29, 0.717) is 44.0 Å². The standard InChI is InChI=1S/C28H26ClF3N10O2/c29-21-13-18(1-2-19(21)27(44)40-11-9-39(10-12-40)26(43)17-3-5-34-14-17)37-24-25-36-15-22(42(25)8-6-35-24)20-16-41(7-4-33)38-23(20)28(30,31)32/h1-2,6,8,13,15-17,34H,3,5,7,9-12,14H2,(H,35,37)/t17-/m1/s1. The van der Waals surface area contributed by atoms with Gasteiger partial charge in [-0.05, 0) is 31.2 Å². The Bertz CT molecular complexity index is 1770. The lowest BCUT2D eigenvalue weighted by Gasteiger charge is -2.36. The molecule has 1 aromatic carbocycles. The fourth-order valence-corrected chi connectivity index (χ4v) is 5.77. The largest absolute Gasteiger partial charge is 0.435 e. The molecule has 6 rings (SSSR count). The van der Waals surface area contributed by atoms with Gasteiger partial charge in [-0.15, -0.1) is 0 Å². The molecule has 2 aliphatic rings. The molecule has 5 heterocycles. The Morgan fingerprint density at radius 1 is 1.16 bits per heavy atom. The van der Waals surface area contributed by atoms with E-state index in [9.17, 15) is 22.8 Å². The number of fused-ring (bicyclic) bond motifs is 1. The molecule has 0 saturated carbocycles. The van der Waals surface area contributed by atoms with Crippen LogP contribution in [-0.4, -0.2) is 85.0 Å². The molecular weight excluding hydrogens is 601 g/mol. The first-order valence-corrected chi connectivity index (χ1v) is 14.2. The monoisotopic (exact) mass is 626 g/mol. The molecule has 228 valence electrons. The van der Waals surface area contributed by atoms with Crippen LogP contribution in [0.1, 0.15) is 22.5 Å². The van der Waals surface area contributed by atoms with Crippen molar-refractivity contribution in [2.45, 2.75) is 19.1 Å². The molecule has 0 unspecified atom stereocenters. The van der Waals surface area contributed by atoms with Crippen LogP contribution in [0, 0.1) is 17.2 Å². The zero-order valence-electron chi connectivity index (χ0n) is 23.2. The van der Waals surface area contributed by atoms with Crippen molar-refractivity contribution in [3.8, 4) is 17.3 Å². The molecule has 2 N–H and O–H groups in total. The molecule has 0 radical (unpaired) electrons. The van der Waals surface area contributed by atoms with Crippen LogP contribution in [0.2, 0.25) is 5.02 Å². The maximum Gasteiger partial charge on any atom is 0.435 e. The van der Waals surface area contributed by atoms with Gasteiger partial charge in [-0.25, -0.2) is 9.97 Å². The van der Waals surface area contributed by atoms with Gasteiger partial charge in [0.2, 0.25) is 5.91 Å². The second kappa shape index (κ2) is 11.8. The van der Waals surface area contributed by atoms with Gasteiger partial charge in [0.15, 0.2) is 17.2 Å². The number of rotatable bonds is 6. The lowest BCUT2D eigenvalue weighted by molar-refractivity contribution is -0.141. The summed E-state index contributed by atoms with van der Waals surface area (Å²) in [5.41, 5.74) is -0.227.